The third-order valence-corrected chi connectivity index (χ3v) is 14.4. The Morgan fingerprint density at radius 2 is 0.476 bits per heavy atom. The lowest BCUT2D eigenvalue weighted by Gasteiger charge is -2.18. The number of unbranched alkanes of at least 4 members (excludes halogenated alkanes) is 28. The van der Waals surface area contributed by atoms with Gasteiger partial charge in [0.05, 0.1) is 0 Å². The largest absolute Gasteiger partial charge is 0.462 e. The van der Waals surface area contributed by atoms with Crippen LogP contribution in [0.5, 0.6) is 0 Å². The molecule has 1 atom stereocenters. The molecular weight excluding hydrogens is 1010 g/mol. The highest BCUT2D eigenvalue weighted by Crippen LogP contribution is 2.16. The normalized spacial score (nSPS) is 13.0. The number of rotatable bonds is 61. The molecule has 466 valence electrons. The molecule has 1 unspecified atom stereocenters. The number of carbonyl (C=O) groups is 3. The molecule has 0 aliphatic rings. The zero-order chi connectivity index (χ0) is 59.2. The second-order valence-corrected chi connectivity index (χ2v) is 22.4. The first-order valence-corrected chi connectivity index (χ1v) is 34.2. The molecule has 0 saturated carbocycles. The van der Waals surface area contributed by atoms with Crippen LogP contribution in [0, 0.1) is 0 Å². The second kappa shape index (κ2) is 69.0. The smallest absolute Gasteiger partial charge is 0.306 e. The van der Waals surface area contributed by atoms with Crippen molar-refractivity contribution < 1.29 is 28.6 Å². The summed E-state index contributed by atoms with van der Waals surface area (Å²) in [6, 6.07) is 0. The number of ether oxygens (including phenoxy) is 3. The average Bonchev–Trinajstić information content (AvgIpc) is 3.47. The molecule has 0 heterocycles. The van der Waals surface area contributed by atoms with E-state index in [1.165, 1.54) is 135 Å². The predicted molar refractivity (Wildman–Crippen MR) is 357 cm³/mol. The Morgan fingerprint density at radius 3 is 0.793 bits per heavy atom. The predicted octanol–water partition coefficient (Wildman–Crippen LogP) is 23.7. The summed E-state index contributed by atoms with van der Waals surface area (Å²) in [5, 5.41) is 0. The van der Waals surface area contributed by atoms with E-state index in [1.54, 1.807) is 0 Å². The first-order valence-electron chi connectivity index (χ1n) is 34.2. The van der Waals surface area contributed by atoms with Crippen LogP contribution in [0.2, 0.25) is 0 Å². The van der Waals surface area contributed by atoms with Crippen LogP contribution >= 0.6 is 0 Å². The summed E-state index contributed by atoms with van der Waals surface area (Å²) < 4.78 is 16.9. The van der Waals surface area contributed by atoms with Crippen LogP contribution in [0.4, 0.5) is 0 Å². The number of hydrogen-bond donors (Lipinski definition) is 0. The van der Waals surface area contributed by atoms with Gasteiger partial charge in [0.25, 0.3) is 0 Å². The van der Waals surface area contributed by atoms with Crippen molar-refractivity contribution in [2.45, 2.75) is 316 Å². The molecule has 0 N–H and O–H groups in total. The summed E-state index contributed by atoms with van der Waals surface area (Å²) in [4.78, 5) is 38.3. The van der Waals surface area contributed by atoms with E-state index in [-0.39, 0.29) is 31.1 Å². The summed E-state index contributed by atoms with van der Waals surface area (Å²) in [6.07, 6.45) is 97.6. The van der Waals surface area contributed by atoms with Gasteiger partial charge in [-0.3, -0.25) is 14.4 Å². The Bertz CT molecular complexity index is 1730. The number of hydrogen-bond acceptors (Lipinski definition) is 6. The van der Waals surface area contributed by atoms with Gasteiger partial charge in [-0.25, -0.2) is 0 Å². The fourth-order valence-corrected chi connectivity index (χ4v) is 9.29. The van der Waals surface area contributed by atoms with Crippen LogP contribution in [0.15, 0.2) is 134 Å². The van der Waals surface area contributed by atoms with Crippen molar-refractivity contribution in [3.63, 3.8) is 0 Å². The van der Waals surface area contributed by atoms with Crippen molar-refractivity contribution in [2.24, 2.45) is 0 Å². The Kier molecular flexibility index (Phi) is 65.3. The van der Waals surface area contributed by atoms with Gasteiger partial charge in [0.15, 0.2) is 6.10 Å². The van der Waals surface area contributed by atoms with Crippen LogP contribution in [-0.4, -0.2) is 37.2 Å². The van der Waals surface area contributed by atoms with Crippen molar-refractivity contribution in [1.82, 2.24) is 0 Å². The van der Waals surface area contributed by atoms with E-state index in [9.17, 15) is 14.4 Å². The maximum absolute atomic E-state index is 12.9. The molecule has 0 rings (SSSR count). The Balaban J connectivity index is 4.38. The van der Waals surface area contributed by atoms with E-state index in [0.717, 1.165) is 128 Å². The van der Waals surface area contributed by atoms with Gasteiger partial charge in [-0.15, -0.1) is 0 Å². The minimum atomic E-state index is -0.802. The minimum Gasteiger partial charge on any atom is -0.462 e. The maximum Gasteiger partial charge on any atom is 0.306 e. The maximum atomic E-state index is 12.9. The highest BCUT2D eigenvalue weighted by atomic mass is 16.6. The van der Waals surface area contributed by atoms with Crippen LogP contribution in [0.25, 0.3) is 0 Å². The molecule has 0 bridgehead atoms. The van der Waals surface area contributed by atoms with Gasteiger partial charge in [0, 0.05) is 19.3 Å². The summed E-state index contributed by atoms with van der Waals surface area (Å²) in [5.41, 5.74) is 0. The van der Waals surface area contributed by atoms with Gasteiger partial charge in [0.1, 0.15) is 13.2 Å². The molecule has 0 amide bonds. The third-order valence-electron chi connectivity index (χ3n) is 14.4. The molecule has 6 heteroatoms. The minimum absolute atomic E-state index is 0.0963. The Labute approximate surface area is 506 Å². The molecule has 82 heavy (non-hydrogen) atoms. The highest BCUT2D eigenvalue weighted by Gasteiger charge is 2.19. The van der Waals surface area contributed by atoms with E-state index >= 15 is 0 Å². The lowest BCUT2D eigenvalue weighted by atomic mass is 10.0. The standard InChI is InChI=1S/C76H126O6/c1-4-7-10-13-16-19-22-25-27-29-31-32-33-34-35-36-37-38-39-40-41-42-43-44-45-47-48-51-54-57-60-63-66-69-75(78)81-72-73(71-80-74(77)68-65-62-59-56-53-50-24-21-18-15-12-9-6-3)82-76(79)70-67-64-61-58-55-52-49-46-30-28-26-23-20-17-14-11-8-5-2/h7,10,16,19,21,24-25,27,31-32,34-35,37-38,40-41,43-44,47-48,54,57,73H,4-6,8-9,11-15,17-18,20,22-23,26,28-30,33,36,39,42,45-46,49-53,55-56,58-72H2,1-3H3/b10-7-,19-16-,24-21-,27-25-,32-31-,35-34-,38-37-,41-40-,44-43-,48-47-,57-54-. The fraction of sp³-hybridized carbons (Fsp3) is 0.671. The van der Waals surface area contributed by atoms with Crippen molar-refractivity contribution in [3.05, 3.63) is 134 Å². The summed E-state index contributed by atoms with van der Waals surface area (Å²) >= 11 is 0. The lowest BCUT2D eigenvalue weighted by Crippen LogP contribution is -2.30. The van der Waals surface area contributed by atoms with Gasteiger partial charge >= 0.3 is 17.9 Å². The zero-order valence-electron chi connectivity index (χ0n) is 53.5. The van der Waals surface area contributed by atoms with Crippen LogP contribution in [0.1, 0.15) is 310 Å². The molecule has 0 aliphatic carbocycles. The molecule has 0 aromatic heterocycles. The third kappa shape index (κ3) is 66.4. The van der Waals surface area contributed by atoms with Crippen molar-refractivity contribution in [1.29, 1.82) is 0 Å². The first-order chi connectivity index (χ1) is 40.5. The monoisotopic (exact) mass is 1130 g/mol. The van der Waals surface area contributed by atoms with Gasteiger partial charge in [-0.1, -0.05) is 302 Å². The van der Waals surface area contributed by atoms with Gasteiger partial charge in [-0.2, -0.15) is 0 Å². The molecule has 0 spiro atoms. The number of carbonyl (C=O) groups excluding carboxylic acids is 3. The van der Waals surface area contributed by atoms with E-state index in [1.807, 2.05) is 0 Å². The first kappa shape index (κ1) is 77.5. The summed E-state index contributed by atoms with van der Waals surface area (Å²) in [6.45, 7) is 6.49. The van der Waals surface area contributed by atoms with E-state index < -0.39 is 6.10 Å². The van der Waals surface area contributed by atoms with Crippen molar-refractivity contribution >= 4 is 17.9 Å². The fourth-order valence-electron chi connectivity index (χ4n) is 9.29. The molecule has 6 nitrogen and oxygen atoms in total. The Hall–Kier alpha value is -4.45. The molecule has 0 saturated heterocycles. The van der Waals surface area contributed by atoms with Crippen molar-refractivity contribution in [3.8, 4) is 0 Å². The van der Waals surface area contributed by atoms with Crippen LogP contribution in [-0.2, 0) is 28.6 Å². The number of allylic oxidation sites excluding steroid dienone is 22. The molecule has 0 aromatic carbocycles. The SMILES string of the molecule is CC/C=C\C/C=C\C/C=C\C/C=C\C/C=C\C/C=C\C/C=C\C/C=C\C/C=C\C/C=C\CCCCC(=O)OCC(COC(=O)CCCCCCC/C=C\CCCCCC)OC(=O)CCCCCCCCCCCCCCCCCCCC. The highest BCUT2D eigenvalue weighted by molar-refractivity contribution is 5.71. The summed E-state index contributed by atoms with van der Waals surface area (Å²) in [7, 11) is 0. The quantitative estimate of drug-likeness (QED) is 0.0261. The van der Waals surface area contributed by atoms with E-state index in [2.05, 4.69) is 154 Å². The average molecular weight is 1140 g/mol. The molecular formula is C76H126O6. The topological polar surface area (TPSA) is 78.9 Å². The Morgan fingerprint density at radius 1 is 0.256 bits per heavy atom. The van der Waals surface area contributed by atoms with E-state index in [0.29, 0.717) is 25.7 Å². The molecule has 0 fully saturated rings. The lowest BCUT2D eigenvalue weighted by molar-refractivity contribution is -0.167. The molecule has 0 radical (unpaired) electrons. The van der Waals surface area contributed by atoms with Crippen molar-refractivity contribution in [2.75, 3.05) is 13.2 Å². The second-order valence-electron chi connectivity index (χ2n) is 22.4. The van der Waals surface area contributed by atoms with Gasteiger partial charge in [0.2, 0.25) is 0 Å². The van der Waals surface area contributed by atoms with Crippen LogP contribution < -0.4 is 0 Å². The van der Waals surface area contributed by atoms with E-state index in [4.69, 9.17) is 14.2 Å². The van der Waals surface area contributed by atoms with Crippen LogP contribution in [0.3, 0.4) is 0 Å². The molecule has 0 aromatic rings. The summed E-state index contributed by atoms with van der Waals surface area (Å²) in [5.74, 6) is -0.942. The zero-order valence-corrected chi connectivity index (χ0v) is 53.5. The van der Waals surface area contributed by atoms with Gasteiger partial charge < -0.3 is 14.2 Å². The molecule has 0 aliphatic heterocycles. The van der Waals surface area contributed by atoms with Gasteiger partial charge in [-0.05, 0) is 122 Å². The number of esters is 3.